The van der Waals surface area contributed by atoms with Crippen LogP contribution in [0.15, 0.2) is 18.2 Å². The topological polar surface area (TPSA) is 43.1 Å². The van der Waals surface area contributed by atoms with Crippen molar-refractivity contribution in [3.05, 3.63) is 28.8 Å². The molecule has 2 nitrogen and oxygen atoms in total. The number of nitrogen functional groups attached to an aromatic ring is 1. The van der Waals surface area contributed by atoms with Gasteiger partial charge < -0.3 is 5.73 Å². The van der Waals surface area contributed by atoms with Crippen LogP contribution in [0.5, 0.6) is 0 Å². The summed E-state index contributed by atoms with van der Waals surface area (Å²) in [5.41, 5.74) is 7.33. The fraction of sp³-hybridized carbons (Fsp3) is 0.455. The van der Waals surface area contributed by atoms with Crippen LogP contribution >= 0.6 is 11.6 Å². The molecule has 0 saturated heterocycles. The lowest BCUT2D eigenvalue weighted by molar-refractivity contribution is 0.679. The second-order valence-corrected chi connectivity index (χ2v) is 5.50. The smallest absolute Gasteiger partial charge is 0.0506 e. The highest BCUT2D eigenvalue weighted by molar-refractivity contribution is 7.84. The minimum Gasteiger partial charge on any atom is -0.398 e. The molecule has 0 heterocycles. The maximum Gasteiger partial charge on any atom is 0.0506 e. The van der Waals surface area contributed by atoms with Crippen LogP contribution in [0.1, 0.15) is 25.3 Å². The molecule has 0 radical (unpaired) electrons. The Morgan fingerprint density at radius 3 is 2.87 bits per heavy atom. The van der Waals surface area contributed by atoms with Crippen LogP contribution in [0.25, 0.3) is 0 Å². The lowest BCUT2D eigenvalue weighted by atomic mass is 10.2. The highest BCUT2D eigenvalue weighted by Crippen LogP contribution is 2.19. The molecule has 1 aromatic carbocycles. The summed E-state index contributed by atoms with van der Waals surface area (Å²) in [5, 5.41) is 0.645. The standard InChI is InChI=1S/C11H16ClNOS/c1-2-3-6-15(14)8-9-7-10(12)4-5-11(9)13/h4-5,7H,2-3,6,8,13H2,1H3. The third kappa shape index (κ3) is 4.22. The van der Waals surface area contributed by atoms with E-state index in [0.29, 0.717) is 16.5 Å². The molecule has 0 spiro atoms. The Labute approximate surface area is 98.3 Å². The molecule has 0 aliphatic carbocycles. The number of rotatable bonds is 5. The second kappa shape index (κ2) is 6.13. The summed E-state index contributed by atoms with van der Waals surface area (Å²) in [6, 6.07) is 5.30. The molecule has 15 heavy (non-hydrogen) atoms. The van der Waals surface area contributed by atoms with E-state index >= 15 is 0 Å². The van der Waals surface area contributed by atoms with Gasteiger partial charge in [0, 0.05) is 27.3 Å². The summed E-state index contributed by atoms with van der Waals surface area (Å²) < 4.78 is 11.6. The lowest BCUT2D eigenvalue weighted by Gasteiger charge is -2.05. The summed E-state index contributed by atoms with van der Waals surface area (Å²) in [4.78, 5) is 0. The molecular weight excluding hydrogens is 230 g/mol. The first-order valence-corrected chi connectivity index (χ1v) is 6.89. The van der Waals surface area contributed by atoms with Crippen molar-refractivity contribution >= 4 is 28.1 Å². The van der Waals surface area contributed by atoms with E-state index in [-0.39, 0.29) is 0 Å². The molecule has 0 fully saturated rings. The molecule has 84 valence electrons. The zero-order chi connectivity index (χ0) is 11.3. The summed E-state index contributed by atoms with van der Waals surface area (Å²) in [7, 11) is -0.828. The van der Waals surface area contributed by atoms with Gasteiger partial charge in [0.05, 0.1) is 5.75 Å². The molecule has 1 atom stereocenters. The molecule has 0 saturated carbocycles. The molecule has 1 aromatic rings. The van der Waals surface area contributed by atoms with Crippen LogP contribution in [0.3, 0.4) is 0 Å². The van der Waals surface area contributed by atoms with Crippen LogP contribution in [0.4, 0.5) is 5.69 Å². The first-order chi connectivity index (χ1) is 7.13. The molecule has 1 rings (SSSR count). The third-order valence-electron chi connectivity index (χ3n) is 2.15. The number of unbranched alkanes of at least 4 members (excludes halogenated alkanes) is 1. The normalized spacial score (nSPS) is 12.7. The quantitative estimate of drug-likeness (QED) is 0.811. The Balaban J connectivity index is 2.63. The summed E-state index contributed by atoms with van der Waals surface area (Å²) >= 11 is 5.85. The molecule has 1 unspecified atom stereocenters. The average molecular weight is 246 g/mol. The Kier molecular flexibility index (Phi) is 5.12. The van der Waals surface area contributed by atoms with Crippen molar-refractivity contribution < 1.29 is 4.21 Å². The minimum atomic E-state index is -0.828. The molecule has 4 heteroatoms. The van der Waals surface area contributed by atoms with Gasteiger partial charge in [0.15, 0.2) is 0 Å². The van der Waals surface area contributed by atoms with Crippen LogP contribution in [-0.4, -0.2) is 9.96 Å². The predicted molar refractivity (Wildman–Crippen MR) is 67.5 cm³/mol. The van der Waals surface area contributed by atoms with E-state index < -0.39 is 10.8 Å². The summed E-state index contributed by atoms with van der Waals surface area (Å²) in [5.74, 6) is 1.24. The minimum absolute atomic E-state index is 0.506. The van der Waals surface area contributed by atoms with Gasteiger partial charge in [-0.1, -0.05) is 24.9 Å². The van der Waals surface area contributed by atoms with Gasteiger partial charge >= 0.3 is 0 Å². The molecular formula is C11H16ClNOS. The van der Waals surface area contributed by atoms with Crippen molar-refractivity contribution in [3.63, 3.8) is 0 Å². The summed E-state index contributed by atoms with van der Waals surface area (Å²) in [6.07, 6.45) is 2.06. The number of nitrogens with two attached hydrogens (primary N) is 1. The van der Waals surface area contributed by atoms with E-state index in [4.69, 9.17) is 17.3 Å². The highest BCUT2D eigenvalue weighted by Gasteiger charge is 2.05. The number of benzene rings is 1. The van der Waals surface area contributed by atoms with Crippen molar-refractivity contribution in [2.24, 2.45) is 0 Å². The van der Waals surface area contributed by atoms with Gasteiger partial charge in [-0.25, -0.2) is 0 Å². The molecule has 0 aromatic heterocycles. The number of hydrogen-bond donors (Lipinski definition) is 1. The van der Waals surface area contributed by atoms with Crippen LogP contribution in [0.2, 0.25) is 5.02 Å². The van der Waals surface area contributed by atoms with Gasteiger partial charge in [-0.2, -0.15) is 0 Å². The van der Waals surface area contributed by atoms with E-state index in [1.807, 2.05) is 0 Å². The fourth-order valence-electron chi connectivity index (χ4n) is 1.25. The first-order valence-electron chi connectivity index (χ1n) is 5.02. The van der Waals surface area contributed by atoms with Gasteiger partial charge in [-0.15, -0.1) is 0 Å². The SMILES string of the molecule is CCCCS(=O)Cc1cc(Cl)ccc1N. The Morgan fingerprint density at radius 1 is 1.47 bits per heavy atom. The average Bonchev–Trinajstić information content (AvgIpc) is 2.20. The fourth-order valence-corrected chi connectivity index (χ4v) is 2.80. The zero-order valence-electron chi connectivity index (χ0n) is 8.83. The molecule has 0 aliphatic heterocycles. The number of hydrogen-bond acceptors (Lipinski definition) is 2. The van der Waals surface area contributed by atoms with E-state index in [2.05, 4.69) is 6.92 Å². The van der Waals surface area contributed by atoms with E-state index in [1.165, 1.54) is 0 Å². The zero-order valence-corrected chi connectivity index (χ0v) is 10.4. The molecule has 0 aliphatic rings. The van der Waals surface area contributed by atoms with Crippen molar-refractivity contribution in [1.82, 2.24) is 0 Å². The van der Waals surface area contributed by atoms with Gasteiger partial charge in [0.25, 0.3) is 0 Å². The van der Waals surface area contributed by atoms with Gasteiger partial charge in [0.2, 0.25) is 0 Å². The highest BCUT2D eigenvalue weighted by atomic mass is 35.5. The Hall–Kier alpha value is -0.540. The van der Waals surface area contributed by atoms with Crippen molar-refractivity contribution in [2.45, 2.75) is 25.5 Å². The maximum atomic E-state index is 11.6. The largest absolute Gasteiger partial charge is 0.398 e. The first kappa shape index (κ1) is 12.5. The lowest BCUT2D eigenvalue weighted by Crippen LogP contribution is -2.03. The third-order valence-corrected chi connectivity index (χ3v) is 3.76. The molecule has 0 bridgehead atoms. The van der Waals surface area contributed by atoms with Gasteiger partial charge in [-0.05, 0) is 30.2 Å². The molecule has 2 N–H and O–H groups in total. The molecule has 0 amide bonds. The predicted octanol–water partition coefficient (Wildman–Crippen LogP) is 2.97. The van der Waals surface area contributed by atoms with Crippen molar-refractivity contribution in [1.29, 1.82) is 0 Å². The van der Waals surface area contributed by atoms with Crippen LogP contribution in [-0.2, 0) is 16.6 Å². The van der Waals surface area contributed by atoms with E-state index in [1.54, 1.807) is 18.2 Å². The van der Waals surface area contributed by atoms with E-state index in [0.717, 1.165) is 24.2 Å². The van der Waals surface area contributed by atoms with Crippen LogP contribution in [0, 0.1) is 0 Å². The van der Waals surface area contributed by atoms with Gasteiger partial charge in [-0.3, -0.25) is 4.21 Å². The monoisotopic (exact) mass is 245 g/mol. The Bertz CT molecular complexity index is 354. The number of anilines is 1. The second-order valence-electron chi connectivity index (χ2n) is 3.48. The van der Waals surface area contributed by atoms with Crippen molar-refractivity contribution in [3.8, 4) is 0 Å². The van der Waals surface area contributed by atoms with E-state index in [9.17, 15) is 4.21 Å². The van der Waals surface area contributed by atoms with Crippen LogP contribution < -0.4 is 5.73 Å². The maximum absolute atomic E-state index is 11.6. The van der Waals surface area contributed by atoms with Crippen molar-refractivity contribution in [2.75, 3.05) is 11.5 Å². The number of halogens is 1. The Morgan fingerprint density at radius 2 is 2.20 bits per heavy atom. The summed E-state index contributed by atoms with van der Waals surface area (Å²) in [6.45, 7) is 2.09. The van der Waals surface area contributed by atoms with Gasteiger partial charge in [0.1, 0.15) is 0 Å².